The van der Waals surface area contributed by atoms with E-state index in [1.165, 1.54) is 0 Å². The predicted octanol–water partition coefficient (Wildman–Crippen LogP) is 3.21. The van der Waals surface area contributed by atoms with Crippen LogP contribution in [0.15, 0.2) is 6.20 Å². The van der Waals surface area contributed by atoms with Gasteiger partial charge in [0.15, 0.2) is 5.82 Å². The molecule has 0 bridgehead atoms. The Morgan fingerprint density at radius 2 is 2.05 bits per heavy atom. The number of rotatable bonds is 4. The zero-order valence-corrected chi connectivity index (χ0v) is 14.7. The third-order valence-corrected chi connectivity index (χ3v) is 4.21. The van der Waals surface area contributed by atoms with Gasteiger partial charge in [0.25, 0.3) is 0 Å². The van der Waals surface area contributed by atoms with E-state index in [1.54, 1.807) is 0 Å². The molecule has 0 unspecified atom stereocenters. The summed E-state index contributed by atoms with van der Waals surface area (Å²) in [5, 5.41) is 7.63. The van der Waals surface area contributed by atoms with Gasteiger partial charge in [-0.25, -0.2) is 9.97 Å². The molecule has 20 heavy (non-hydrogen) atoms. The van der Waals surface area contributed by atoms with Gasteiger partial charge in [0.1, 0.15) is 5.82 Å². The van der Waals surface area contributed by atoms with Gasteiger partial charge in [0, 0.05) is 20.3 Å². The van der Waals surface area contributed by atoms with Crippen LogP contribution in [0.2, 0.25) is 0 Å². The molecule has 2 aromatic rings. The first kappa shape index (κ1) is 15.2. The monoisotopic (exact) mass is 385 g/mol. The third-order valence-electron chi connectivity index (χ3n) is 3.14. The van der Waals surface area contributed by atoms with Gasteiger partial charge in [0.05, 0.1) is 20.5 Å². The average molecular weight is 385 g/mol. The predicted molar refractivity (Wildman–Crippen MR) is 90.0 cm³/mol. The second-order valence-electron chi connectivity index (χ2n) is 5.02. The van der Waals surface area contributed by atoms with Gasteiger partial charge in [-0.1, -0.05) is 20.8 Å². The molecule has 0 aromatic carbocycles. The topological polar surface area (TPSA) is 55.6 Å². The van der Waals surface area contributed by atoms with Gasteiger partial charge in [-0.05, 0) is 34.9 Å². The van der Waals surface area contributed by atoms with Crippen molar-refractivity contribution < 1.29 is 0 Å². The Hall–Kier alpha value is -1.18. The van der Waals surface area contributed by atoms with Gasteiger partial charge < -0.3 is 5.32 Å². The highest BCUT2D eigenvalue weighted by Gasteiger charge is 2.18. The Morgan fingerprint density at radius 3 is 2.60 bits per heavy atom. The van der Waals surface area contributed by atoms with Gasteiger partial charge in [-0.2, -0.15) is 5.10 Å². The van der Waals surface area contributed by atoms with Crippen molar-refractivity contribution in [2.45, 2.75) is 33.1 Å². The van der Waals surface area contributed by atoms with Crippen molar-refractivity contribution in [3.05, 3.63) is 21.2 Å². The number of hydrogen-bond donors (Lipinski definition) is 1. The minimum Gasteiger partial charge on any atom is -0.372 e. The van der Waals surface area contributed by atoms with Crippen LogP contribution in [-0.2, 0) is 13.5 Å². The van der Waals surface area contributed by atoms with Crippen LogP contribution in [0.4, 0.5) is 5.82 Å². The second-order valence-corrected chi connectivity index (χ2v) is 6.10. The summed E-state index contributed by atoms with van der Waals surface area (Å²) >= 11 is 2.31. The first-order valence-electron chi connectivity index (χ1n) is 6.76. The summed E-state index contributed by atoms with van der Waals surface area (Å²) in [6, 6.07) is 0. The van der Waals surface area contributed by atoms with E-state index in [-0.39, 0.29) is 0 Å². The van der Waals surface area contributed by atoms with Crippen molar-refractivity contribution in [2.24, 2.45) is 7.05 Å². The molecule has 0 amide bonds. The maximum Gasteiger partial charge on any atom is 0.165 e. The number of aryl methyl sites for hydroxylation is 2. The highest BCUT2D eigenvalue weighted by atomic mass is 127. The van der Waals surface area contributed by atoms with E-state index in [1.807, 2.05) is 25.0 Å². The number of anilines is 1. The number of nitrogens with zero attached hydrogens (tertiary/aromatic N) is 4. The van der Waals surface area contributed by atoms with Crippen LogP contribution in [0.1, 0.15) is 38.1 Å². The summed E-state index contributed by atoms with van der Waals surface area (Å²) in [6.07, 6.45) is 2.86. The summed E-state index contributed by atoms with van der Waals surface area (Å²) < 4.78 is 2.91. The fourth-order valence-electron chi connectivity index (χ4n) is 2.12. The van der Waals surface area contributed by atoms with E-state index >= 15 is 0 Å². The Balaban J connectivity index is 2.64. The highest BCUT2D eigenvalue weighted by molar-refractivity contribution is 14.1. The van der Waals surface area contributed by atoms with Crippen molar-refractivity contribution >= 4 is 28.4 Å². The smallest absolute Gasteiger partial charge is 0.165 e. The Labute approximate surface area is 133 Å². The van der Waals surface area contributed by atoms with Crippen molar-refractivity contribution in [1.29, 1.82) is 0 Å². The molecule has 1 N–H and O–H groups in total. The number of hydrogen-bond acceptors (Lipinski definition) is 4. The number of halogens is 1. The average Bonchev–Trinajstić information content (AvgIpc) is 2.80. The molecule has 108 valence electrons. The van der Waals surface area contributed by atoms with Crippen LogP contribution in [0, 0.1) is 3.57 Å². The van der Waals surface area contributed by atoms with Crippen LogP contribution in [0.3, 0.4) is 0 Å². The maximum atomic E-state index is 4.76. The molecule has 0 saturated heterocycles. The lowest BCUT2D eigenvalue weighted by Crippen LogP contribution is -2.07. The minimum absolute atomic E-state index is 0.359. The molecule has 0 saturated carbocycles. The van der Waals surface area contributed by atoms with Crippen molar-refractivity contribution in [3.63, 3.8) is 0 Å². The largest absolute Gasteiger partial charge is 0.372 e. The molecule has 2 aromatic heterocycles. The minimum atomic E-state index is 0.359. The van der Waals surface area contributed by atoms with Crippen LogP contribution < -0.4 is 5.32 Å². The number of aromatic nitrogens is 4. The Kier molecular flexibility index (Phi) is 4.62. The van der Waals surface area contributed by atoms with E-state index in [9.17, 15) is 0 Å². The number of nitrogens with one attached hydrogen (secondary N) is 1. The molecule has 6 heteroatoms. The van der Waals surface area contributed by atoms with E-state index in [0.29, 0.717) is 5.92 Å². The summed E-state index contributed by atoms with van der Waals surface area (Å²) in [5.41, 5.74) is 3.13. The lowest BCUT2D eigenvalue weighted by Gasteiger charge is -2.13. The molecule has 5 nitrogen and oxygen atoms in total. The van der Waals surface area contributed by atoms with E-state index in [4.69, 9.17) is 4.98 Å². The Morgan fingerprint density at radius 1 is 1.35 bits per heavy atom. The molecule has 0 radical (unpaired) electrons. The van der Waals surface area contributed by atoms with Gasteiger partial charge in [-0.15, -0.1) is 0 Å². The van der Waals surface area contributed by atoms with Crippen molar-refractivity contribution in [3.8, 4) is 11.4 Å². The zero-order chi connectivity index (χ0) is 14.9. The molecule has 0 aliphatic heterocycles. The Bertz CT molecular complexity index is 618. The van der Waals surface area contributed by atoms with Crippen LogP contribution in [0.25, 0.3) is 11.4 Å². The lowest BCUT2D eigenvalue weighted by molar-refractivity contribution is 0.746. The molecule has 0 aliphatic rings. The van der Waals surface area contributed by atoms with Crippen molar-refractivity contribution in [1.82, 2.24) is 19.7 Å². The first-order valence-corrected chi connectivity index (χ1v) is 7.83. The van der Waals surface area contributed by atoms with Crippen LogP contribution in [0.5, 0.6) is 0 Å². The molecule has 0 aliphatic carbocycles. The molecule has 2 rings (SSSR count). The summed E-state index contributed by atoms with van der Waals surface area (Å²) in [4.78, 5) is 9.40. The van der Waals surface area contributed by atoms with Gasteiger partial charge in [-0.3, -0.25) is 4.68 Å². The quantitative estimate of drug-likeness (QED) is 0.822. The SMILES string of the molecule is CCc1nn(C)cc1-c1nc(NC)c(I)c(C(C)C)n1. The first-order chi connectivity index (χ1) is 9.47. The normalized spacial score (nSPS) is 11.2. The fraction of sp³-hybridized carbons (Fsp3) is 0.500. The van der Waals surface area contributed by atoms with Crippen LogP contribution >= 0.6 is 22.6 Å². The third kappa shape index (κ3) is 2.79. The van der Waals surface area contributed by atoms with Gasteiger partial charge in [0.2, 0.25) is 0 Å². The standard InChI is InChI=1S/C14H20IN5/c1-6-10-9(7-20(5)19-10)13-17-12(8(2)3)11(15)14(16-4)18-13/h7-8H,6H2,1-5H3,(H,16,17,18). The summed E-state index contributed by atoms with van der Waals surface area (Å²) in [7, 11) is 3.82. The molecule has 2 heterocycles. The summed E-state index contributed by atoms with van der Waals surface area (Å²) in [5.74, 6) is 1.99. The zero-order valence-electron chi connectivity index (χ0n) is 12.5. The molecule has 0 atom stereocenters. The van der Waals surface area contributed by atoms with E-state index in [2.05, 4.69) is 58.8 Å². The van der Waals surface area contributed by atoms with Gasteiger partial charge >= 0.3 is 0 Å². The van der Waals surface area contributed by atoms with Crippen LogP contribution in [-0.4, -0.2) is 26.8 Å². The van der Waals surface area contributed by atoms with E-state index in [0.717, 1.165) is 38.6 Å². The second kappa shape index (κ2) is 6.07. The van der Waals surface area contributed by atoms with Crippen molar-refractivity contribution in [2.75, 3.05) is 12.4 Å². The molecule has 0 spiro atoms. The molecular weight excluding hydrogens is 365 g/mol. The molecular formula is C14H20IN5. The molecule has 0 fully saturated rings. The summed E-state index contributed by atoms with van der Waals surface area (Å²) in [6.45, 7) is 6.40. The lowest BCUT2D eigenvalue weighted by atomic mass is 10.1. The van der Waals surface area contributed by atoms with E-state index < -0.39 is 0 Å². The fourth-order valence-corrected chi connectivity index (χ4v) is 3.25. The highest BCUT2D eigenvalue weighted by Crippen LogP contribution is 2.29. The maximum absolute atomic E-state index is 4.76.